The van der Waals surface area contributed by atoms with Gasteiger partial charge >= 0.3 is 0 Å². The average molecular weight is 460 g/mol. The van der Waals surface area contributed by atoms with Gasteiger partial charge in [-0.05, 0) is 25.1 Å². The molecule has 0 aliphatic rings. The molecule has 4 aromatic rings. The monoisotopic (exact) mass is 459 g/mol. The van der Waals surface area contributed by atoms with E-state index in [0.717, 1.165) is 10.7 Å². The summed E-state index contributed by atoms with van der Waals surface area (Å²) < 4.78 is 1.16. The van der Waals surface area contributed by atoms with Gasteiger partial charge in [0.15, 0.2) is 5.82 Å². The van der Waals surface area contributed by atoms with E-state index >= 15 is 0 Å². The second-order valence-corrected chi connectivity index (χ2v) is 7.22. The molecule has 0 saturated heterocycles. The highest BCUT2D eigenvalue weighted by molar-refractivity contribution is 6.36. The Labute approximate surface area is 184 Å². The molecule has 0 unspecified atom stereocenters. The van der Waals surface area contributed by atoms with E-state index in [1.807, 2.05) is 0 Å². The van der Waals surface area contributed by atoms with Crippen molar-refractivity contribution in [3.8, 4) is 5.82 Å². The van der Waals surface area contributed by atoms with Crippen LogP contribution in [0.2, 0.25) is 10.0 Å². The fourth-order valence-electron chi connectivity index (χ4n) is 3.10. The topological polar surface area (TPSA) is 138 Å². The number of benzene rings is 1. The number of fused-ring (bicyclic) bond motifs is 1. The van der Waals surface area contributed by atoms with Crippen molar-refractivity contribution in [2.45, 2.75) is 6.92 Å². The molecule has 4 rings (SSSR count). The van der Waals surface area contributed by atoms with E-state index in [9.17, 15) is 14.4 Å². The fraction of sp³-hybridized carbons (Fsp3) is 0.105. The summed E-state index contributed by atoms with van der Waals surface area (Å²) in [5.74, 6) is -0.990. The Hall–Kier alpha value is -3.63. The second kappa shape index (κ2) is 8.25. The lowest BCUT2D eigenvalue weighted by Crippen LogP contribution is -2.26. The molecule has 0 aliphatic heterocycles. The molecule has 0 saturated carbocycles. The first-order chi connectivity index (χ1) is 14.9. The minimum atomic E-state index is -0.702. The number of H-pyrrole nitrogens is 2. The number of nitrogens with zero attached hydrogens (tertiary/aromatic N) is 3. The van der Waals surface area contributed by atoms with Crippen LogP contribution in [-0.2, 0) is 0 Å². The Balaban J connectivity index is 1.81. The number of carbonyl (C=O) groups excluding carboxylic acids is 2. The van der Waals surface area contributed by atoms with Crippen molar-refractivity contribution in [1.82, 2.24) is 30.3 Å². The number of hydrogen-bond donors (Lipinski definition) is 4. The number of hydrogen-bond acceptors (Lipinski definition) is 5. The first kappa shape index (κ1) is 20.6. The van der Waals surface area contributed by atoms with Gasteiger partial charge < -0.3 is 10.6 Å². The van der Waals surface area contributed by atoms with Gasteiger partial charge in [0.25, 0.3) is 17.4 Å². The van der Waals surface area contributed by atoms with Gasteiger partial charge in [0, 0.05) is 24.2 Å². The Kier molecular flexibility index (Phi) is 5.49. The van der Waals surface area contributed by atoms with E-state index in [-0.39, 0.29) is 32.8 Å². The molecule has 2 amide bonds. The van der Waals surface area contributed by atoms with E-state index in [1.54, 1.807) is 25.1 Å². The van der Waals surface area contributed by atoms with E-state index in [0.29, 0.717) is 17.4 Å². The molecule has 31 heavy (non-hydrogen) atoms. The average Bonchev–Trinajstić information content (AvgIpc) is 3.35. The molecule has 158 valence electrons. The van der Waals surface area contributed by atoms with Crippen molar-refractivity contribution in [3.63, 3.8) is 0 Å². The van der Waals surface area contributed by atoms with E-state index < -0.39 is 17.4 Å². The lowest BCUT2D eigenvalue weighted by molar-refractivity contribution is 0.0958. The summed E-state index contributed by atoms with van der Waals surface area (Å²) in [5.41, 5.74) is -0.0128. The zero-order chi connectivity index (χ0) is 22.1. The first-order valence-corrected chi connectivity index (χ1v) is 9.84. The normalized spacial score (nSPS) is 10.9. The minimum absolute atomic E-state index is 0.0710. The van der Waals surface area contributed by atoms with Crippen LogP contribution in [0.25, 0.3) is 16.7 Å². The van der Waals surface area contributed by atoms with Gasteiger partial charge in [-0.2, -0.15) is 5.10 Å². The SMILES string of the molecule is CCNC(=O)c1c(NC(=O)c2cc(=O)[nH]n2-c2ncccc2Cl)c(Cl)cc2cn[nH]c12. The Morgan fingerprint density at radius 3 is 2.74 bits per heavy atom. The lowest BCUT2D eigenvalue weighted by Gasteiger charge is -2.14. The van der Waals surface area contributed by atoms with Crippen molar-refractivity contribution in [1.29, 1.82) is 0 Å². The molecule has 0 fully saturated rings. The molecular weight excluding hydrogens is 445 g/mol. The van der Waals surface area contributed by atoms with E-state index in [2.05, 4.69) is 30.9 Å². The van der Waals surface area contributed by atoms with Crippen LogP contribution in [-0.4, -0.2) is 43.3 Å². The highest BCUT2D eigenvalue weighted by Gasteiger charge is 2.24. The number of anilines is 1. The number of aromatic nitrogens is 5. The predicted molar refractivity (Wildman–Crippen MR) is 116 cm³/mol. The molecule has 3 heterocycles. The highest BCUT2D eigenvalue weighted by atomic mass is 35.5. The fourth-order valence-corrected chi connectivity index (χ4v) is 3.57. The first-order valence-electron chi connectivity index (χ1n) is 9.08. The summed E-state index contributed by atoms with van der Waals surface area (Å²) >= 11 is 12.5. The third-order valence-corrected chi connectivity index (χ3v) is 5.00. The third kappa shape index (κ3) is 3.78. The van der Waals surface area contributed by atoms with Crippen LogP contribution < -0.4 is 16.2 Å². The molecular formula is C19H15Cl2N7O3. The van der Waals surface area contributed by atoms with Gasteiger partial charge in [0.2, 0.25) is 0 Å². The smallest absolute Gasteiger partial charge is 0.274 e. The molecule has 12 heteroatoms. The summed E-state index contributed by atoms with van der Waals surface area (Å²) in [6.07, 6.45) is 2.99. The zero-order valence-corrected chi connectivity index (χ0v) is 17.5. The third-order valence-electron chi connectivity index (χ3n) is 4.41. The maximum absolute atomic E-state index is 13.1. The molecule has 1 aromatic carbocycles. The van der Waals surface area contributed by atoms with Crippen LogP contribution >= 0.6 is 23.2 Å². The van der Waals surface area contributed by atoms with Gasteiger partial charge in [-0.1, -0.05) is 23.2 Å². The van der Waals surface area contributed by atoms with Gasteiger partial charge in [0.05, 0.1) is 33.0 Å². The van der Waals surface area contributed by atoms with Crippen LogP contribution in [0.1, 0.15) is 27.8 Å². The van der Waals surface area contributed by atoms with Crippen LogP contribution in [0.5, 0.6) is 0 Å². The van der Waals surface area contributed by atoms with Gasteiger partial charge in [-0.15, -0.1) is 0 Å². The molecule has 0 radical (unpaired) electrons. The maximum atomic E-state index is 13.1. The Morgan fingerprint density at radius 1 is 1.19 bits per heavy atom. The summed E-state index contributed by atoms with van der Waals surface area (Å²) in [7, 11) is 0. The van der Waals surface area contributed by atoms with E-state index in [1.165, 1.54) is 12.4 Å². The number of carbonyl (C=O) groups is 2. The van der Waals surface area contributed by atoms with Gasteiger partial charge in [0.1, 0.15) is 5.69 Å². The molecule has 3 aromatic heterocycles. The standard InChI is InChI=1S/C19H15Cl2N7O3/c1-2-22-19(31)14-15-9(8-24-26-15)6-11(21)16(14)25-18(30)12-7-13(29)27-28(12)17-10(20)4-3-5-23-17/h3-8H,2H2,1H3,(H,22,31)(H,24,26)(H,25,30)(H,27,29). The molecule has 0 atom stereocenters. The van der Waals surface area contributed by atoms with Crippen LogP contribution in [0.3, 0.4) is 0 Å². The minimum Gasteiger partial charge on any atom is -0.352 e. The summed E-state index contributed by atoms with van der Waals surface area (Å²) in [6, 6.07) is 5.85. The largest absolute Gasteiger partial charge is 0.352 e. The van der Waals surface area contributed by atoms with Crippen molar-refractivity contribution in [3.05, 3.63) is 68.3 Å². The van der Waals surface area contributed by atoms with E-state index in [4.69, 9.17) is 23.2 Å². The second-order valence-electron chi connectivity index (χ2n) is 6.41. The number of halogens is 2. The van der Waals surface area contributed by atoms with Crippen LogP contribution in [0, 0.1) is 0 Å². The predicted octanol–water partition coefficient (Wildman–Crippen LogP) is 2.75. The summed E-state index contributed by atoms with van der Waals surface area (Å²) in [5, 5.41) is 15.5. The quantitative estimate of drug-likeness (QED) is 0.363. The molecule has 4 N–H and O–H groups in total. The molecule has 10 nitrogen and oxygen atoms in total. The van der Waals surface area contributed by atoms with Crippen molar-refractivity contribution in [2.24, 2.45) is 0 Å². The number of nitrogens with one attached hydrogen (secondary N) is 4. The van der Waals surface area contributed by atoms with Crippen LogP contribution in [0.4, 0.5) is 5.69 Å². The number of rotatable bonds is 5. The van der Waals surface area contributed by atoms with Crippen molar-refractivity contribution >= 4 is 51.6 Å². The molecule has 0 aliphatic carbocycles. The van der Waals surface area contributed by atoms with Crippen molar-refractivity contribution in [2.75, 3.05) is 11.9 Å². The lowest BCUT2D eigenvalue weighted by atomic mass is 10.1. The van der Waals surface area contributed by atoms with Gasteiger partial charge in [-0.25, -0.2) is 9.67 Å². The number of aromatic amines is 2. The summed E-state index contributed by atoms with van der Waals surface area (Å²) in [4.78, 5) is 41.9. The highest BCUT2D eigenvalue weighted by Crippen LogP contribution is 2.33. The van der Waals surface area contributed by atoms with Crippen molar-refractivity contribution < 1.29 is 9.59 Å². The van der Waals surface area contributed by atoms with Crippen LogP contribution in [0.15, 0.2) is 41.5 Å². The molecule has 0 bridgehead atoms. The van der Waals surface area contributed by atoms with Gasteiger partial charge in [-0.3, -0.25) is 24.6 Å². The summed E-state index contributed by atoms with van der Waals surface area (Å²) in [6.45, 7) is 2.13. The number of amides is 2. The zero-order valence-electron chi connectivity index (χ0n) is 16.0. The Morgan fingerprint density at radius 2 is 2.00 bits per heavy atom. The Bertz CT molecular complexity index is 1370. The number of pyridine rings is 1. The molecule has 0 spiro atoms. The maximum Gasteiger partial charge on any atom is 0.274 e.